The van der Waals surface area contributed by atoms with E-state index in [-0.39, 0.29) is 11.8 Å². The van der Waals surface area contributed by atoms with E-state index in [9.17, 15) is 4.79 Å². The van der Waals surface area contributed by atoms with E-state index in [0.29, 0.717) is 0 Å². The van der Waals surface area contributed by atoms with E-state index >= 15 is 0 Å². The molecular formula is C27H32N4O. The van der Waals surface area contributed by atoms with Crippen LogP contribution in [0, 0.1) is 6.92 Å². The number of piperidine rings is 1. The van der Waals surface area contributed by atoms with Crippen LogP contribution >= 0.6 is 0 Å². The summed E-state index contributed by atoms with van der Waals surface area (Å²) in [6.07, 6.45) is 6.39. The molecule has 0 unspecified atom stereocenters. The van der Waals surface area contributed by atoms with Crippen LogP contribution in [-0.4, -0.2) is 38.7 Å². The molecular weight excluding hydrogens is 396 g/mol. The smallest absolute Gasteiger partial charge is 0.272 e. The molecule has 0 N–H and O–H groups in total. The van der Waals surface area contributed by atoms with E-state index in [1.807, 2.05) is 10.7 Å². The lowest BCUT2D eigenvalue weighted by atomic mass is 9.91. The van der Waals surface area contributed by atoms with Crippen LogP contribution in [0.3, 0.4) is 0 Å². The van der Waals surface area contributed by atoms with E-state index in [2.05, 4.69) is 55.1 Å². The van der Waals surface area contributed by atoms with Crippen LogP contribution in [-0.2, 0) is 19.4 Å². The molecule has 0 spiro atoms. The second-order valence-corrected chi connectivity index (χ2v) is 9.18. The minimum Gasteiger partial charge on any atom is -0.337 e. The van der Waals surface area contributed by atoms with Gasteiger partial charge >= 0.3 is 0 Å². The van der Waals surface area contributed by atoms with Crippen LogP contribution in [0.1, 0.15) is 71.7 Å². The van der Waals surface area contributed by atoms with Gasteiger partial charge in [-0.2, -0.15) is 5.10 Å². The summed E-state index contributed by atoms with van der Waals surface area (Å²) in [5.74, 6) is 0.423. The van der Waals surface area contributed by atoms with Gasteiger partial charge in [0.25, 0.3) is 5.91 Å². The fourth-order valence-electron chi connectivity index (χ4n) is 5.33. The molecule has 3 aromatic rings. The van der Waals surface area contributed by atoms with Crippen molar-refractivity contribution in [2.75, 3.05) is 13.1 Å². The van der Waals surface area contributed by atoms with Crippen molar-refractivity contribution in [3.8, 4) is 11.1 Å². The third kappa shape index (κ3) is 3.96. The van der Waals surface area contributed by atoms with Crippen LogP contribution in [0.5, 0.6) is 0 Å². The normalized spacial score (nSPS) is 18.4. The number of hydrogen-bond acceptors (Lipinski definition) is 3. The fraction of sp³-hybridized carbons (Fsp3) is 0.444. The highest BCUT2D eigenvalue weighted by molar-refractivity contribution is 5.94. The van der Waals surface area contributed by atoms with E-state index in [1.54, 1.807) is 0 Å². The predicted octanol–water partition coefficient (Wildman–Crippen LogP) is 5.17. The van der Waals surface area contributed by atoms with E-state index in [1.165, 1.54) is 23.1 Å². The number of carbonyl (C=O) groups is 1. The Labute approximate surface area is 190 Å². The van der Waals surface area contributed by atoms with Gasteiger partial charge in [-0.05, 0) is 75.6 Å². The van der Waals surface area contributed by atoms with Crippen LogP contribution < -0.4 is 0 Å². The maximum Gasteiger partial charge on any atom is 0.272 e. The van der Waals surface area contributed by atoms with Gasteiger partial charge < -0.3 is 4.90 Å². The quantitative estimate of drug-likeness (QED) is 0.576. The van der Waals surface area contributed by atoms with Crippen molar-refractivity contribution in [2.24, 2.45) is 0 Å². The predicted molar refractivity (Wildman–Crippen MR) is 127 cm³/mol. The number of aromatic nitrogens is 3. The van der Waals surface area contributed by atoms with Crippen molar-refractivity contribution in [3.05, 3.63) is 70.8 Å². The minimum atomic E-state index is 0.156. The van der Waals surface area contributed by atoms with Gasteiger partial charge in [0.1, 0.15) is 5.69 Å². The highest BCUT2D eigenvalue weighted by Crippen LogP contribution is 2.32. The Bertz CT molecular complexity index is 1120. The minimum absolute atomic E-state index is 0.156. The summed E-state index contributed by atoms with van der Waals surface area (Å²) in [7, 11) is 0. The van der Waals surface area contributed by atoms with Crippen molar-refractivity contribution in [1.29, 1.82) is 0 Å². The van der Waals surface area contributed by atoms with Crippen LogP contribution in [0.4, 0.5) is 0 Å². The molecule has 1 fully saturated rings. The standard InChI is InChI=1S/C27H32N4O/c1-3-31-26(23-13-7-8-14-24(23)29-31)27(32)30-15-9-12-21(18-30)25-17-22(16-19(2)28-25)20-10-5-4-6-11-20/h4-6,10-11,16-17,21H,3,7-9,12-15,18H2,1-2H3/t21-/m1/s1. The van der Waals surface area contributed by atoms with E-state index in [0.717, 1.165) is 74.5 Å². The number of fused-ring (bicyclic) bond motifs is 1. The maximum atomic E-state index is 13.7. The maximum absolute atomic E-state index is 13.7. The first-order valence-corrected chi connectivity index (χ1v) is 12.1. The van der Waals surface area contributed by atoms with Gasteiger partial charge in [0.2, 0.25) is 0 Å². The molecule has 5 heteroatoms. The first-order chi connectivity index (χ1) is 15.6. The van der Waals surface area contributed by atoms with Crippen molar-refractivity contribution in [1.82, 2.24) is 19.7 Å². The van der Waals surface area contributed by atoms with Crippen molar-refractivity contribution in [2.45, 2.75) is 64.8 Å². The summed E-state index contributed by atoms with van der Waals surface area (Å²) < 4.78 is 1.94. The SMILES string of the molecule is CCn1nc2c(c1C(=O)N1CCC[C@@H](c3cc(-c4ccccc4)cc(C)n3)C1)CCCC2. The van der Waals surface area contributed by atoms with Gasteiger partial charge in [0.15, 0.2) is 0 Å². The number of nitrogens with zero attached hydrogens (tertiary/aromatic N) is 4. The van der Waals surface area contributed by atoms with Gasteiger partial charge in [-0.15, -0.1) is 0 Å². The lowest BCUT2D eigenvalue weighted by molar-refractivity contribution is 0.0692. The summed E-state index contributed by atoms with van der Waals surface area (Å²) in [6, 6.07) is 14.8. The zero-order valence-corrected chi connectivity index (χ0v) is 19.2. The number of likely N-dealkylation sites (tertiary alicyclic amines) is 1. The Morgan fingerprint density at radius 1 is 1.06 bits per heavy atom. The molecule has 2 aromatic heterocycles. The molecule has 5 rings (SSSR count). The van der Waals surface area contributed by atoms with E-state index < -0.39 is 0 Å². The van der Waals surface area contributed by atoms with Crippen molar-refractivity contribution >= 4 is 5.91 Å². The van der Waals surface area contributed by atoms with Crippen LogP contribution in [0.25, 0.3) is 11.1 Å². The van der Waals surface area contributed by atoms with Crippen molar-refractivity contribution < 1.29 is 4.79 Å². The molecule has 5 nitrogen and oxygen atoms in total. The Morgan fingerprint density at radius 3 is 2.69 bits per heavy atom. The number of aryl methyl sites for hydroxylation is 3. The molecule has 1 aliphatic heterocycles. The Balaban J connectivity index is 1.42. The number of hydrogen-bond donors (Lipinski definition) is 0. The highest BCUT2D eigenvalue weighted by atomic mass is 16.2. The zero-order valence-electron chi connectivity index (χ0n) is 19.2. The summed E-state index contributed by atoms with van der Waals surface area (Å²) in [5, 5.41) is 4.78. The topological polar surface area (TPSA) is 51.0 Å². The summed E-state index contributed by atoms with van der Waals surface area (Å²) in [6.45, 7) is 6.43. The molecule has 1 amide bonds. The molecule has 0 radical (unpaired) electrons. The number of amides is 1. The molecule has 1 atom stereocenters. The molecule has 0 saturated carbocycles. The Kier molecular flexibility index (Phi) is 5.81. The number of rotatable bonds is 4. The van der Waals surface area contributed by atoms with Gasteiger partial charge in [-0.1, -0.05) is 30.3 Å². The van der Waals surface area contributed by atoms with Gasteiger partial charge in [-0.25, -0.2) is 0 Å². The third-order valence-electron chi connectivity index (χ3n) is 6.93. The first kappa shape index (κ1) is 20.9. The molecule has 32 heavy (non-hydrogen) atoms. The van der Waals surface area contributed by atoms with Gasteiger partial charge in [-0.3, -0.25) is 14.5 Å². The second kappa shape index (κ2) is 8.89. The fourth-order valence-corrected chi connectivity index (χ4v) is 5.33. The average molecular weight is 429 g/mol. The first-order valence-electron chi connectivity index (χ1n) is 12.1. The third-order valence-corrected chi connectivity index (χ3v) is 6.93. The molecule has 2 aliphatic rings. The lowest BCUT2D eigenvalue weighted by Gasteiger charge is -2.33. The Hall–Kier alpha value is -2.95. The molecule has 1 saturated heterocycles. The second-order valence-electron chi connectivity index (χ2n) is 9.18. The molecule has 3 heterocycles. The van der Waals surface area contributed by atoms with Gasteiger partial charge in [0.05, 0.1) is 5.69 Å². The summed E-state index contributed by atoms with van der Waals surface area (Å²) >= 11 is 0. The molecule has 166 valence electrons. The number of benzene rings is 1. The summed E-state index contributed by atoms with van der Waals surface area (Å²) in [4.78, 5) is 20.6. The number of pyridine rings is 1. The molecule has 1 aliphatic carbocycles. The van der Waals surface area contributed by atoms with E-state index in [4.69, 9.17) is 10.1 Å². The zero-order chi connectivity index (χ0) is 22.1. The number of carbonyl (C=O) groups excluding carboxylic acids is 1. The van der Waals surface area contributed by atoms with Crippen LogP contribution in [0.15, 0.2) is 42.5 Å². The largest absolute Gasteiger partial charge is 0.337 e. The average Bonchev–Trinajstić information content (AvgIpc) is 3.22. The van der Waals surface area contributed by atoms with Gasteiger partial charge in [0, 0.05) is 42.5 Å². The summed E-state index contributed by atoms with van der Waals surface area (Å²) in [5.41, 5.74) is 7.73. The molecule has 1 aromatic carbocycles. The molecule has 0 bridgehead atoms. The Morgan fingerprint density at radius 2 is 1.88 bits per heavy atom. The monoisotopic (exact) mass is 428 g/mol. The van der Waals surface area contributed by atoms with Crippen LogP contribution in [0.2, 0.25) is 0 Å². The highest BCUT2D eigenvalue weighted by Gasteiger charge is 2.32. The lowest BCUT2D eigenvalue weighted by Crippen LogP contribution is -2.40. The van der Waals surface area contributed by atoms with Crippen molar-refractivity contribution in [3.63, 3.8) is 0 Å².